The van der Waals surface area contributed by atoms with Gasteiger partial charge >= 0.3 is 0 Å². The average molecular weight is 316 g/mol. The van der Waals surface area contributed by atoms with Crippen molar-refractivity contribution < 1.29 is 4.92 Å². The van der Waals surface area contributed by atoms with Gasteiger partial charge in [-0.1, -0.05) is 0 Å². The largest absolute Gasteiger partial charge is 0.384 e. The van der Waals surface area contributed by atoms with Crippen LogP contribution in [0.15, 0.2) is 18.2 Å². The molecule has 1 N–H and O–H groups in total. The number of nitrogens with zero attached hydrogens (tertiary/aromatic N) is 1. The van der Waals surface area contributed by atoms with E-state index in [9.17, 15) is 10.1 Å². The number of hydrogen-bond donors (Lipinski definition) is 1. The summed E-state index contributed by atoms with van der Waals surface area (Å²) in [5, 5.41) is 13.6. The monoisotopic (exact) mass is 316 g/mol. The van der Waals surface area contributed by atoms with E-state index < -0.39 is 4.92 Å². The Bertz CT molecular complexity index is 412. The van der Waals surface area contributed by atoms with Gasteiger partial charge in [-0.15, -0.1) is 12.3 Å². The van der Waals surface area contributed by atoms with E-state index in [1.807, 2.05) is 22.6 Å². The van der Waals surface area contributed by atoms with E-state index in [2.05, 4.69) is 11.2 Å². The molecule has 78 valence electrons. The number of benzene rings is 1. The van der Waals surface area contributed by atoms with Crippen molar-refractivity contribution in [2.24, 2.45) is 0 Å². The Morgan fingerprint density at radius 1 is 1.60 bits per heavy atom. The summed E-state index contributed by atoms with van der Waals surface area (Å²) in [5.74, 6) is 2.51. The summed E-state index contributed by atoms with van der Waals surface area (Å²) in [6, 6.07) is 4.89. The fourth-order valence-electron chi connectivity index (χ4n) is 1.04. The van der Waals surface area contributed by atoms with Crippen LogP contribution in [0.4, 0.5) is 11.4 Å². The van der Waals surface area contributed by atoms with Gasteiger partial charge in [0.2, 0.25) is 0 Å². The molecule has 0 saturated heterocycles. The number of nitro benzene ring substituents is 1. The van der Waals surface area contributed by atoms with Crippen molar-refractivity contribution in [1.82, 2.24) is 0 Å². The second-order valence-electron chi connectivity index (χ2n) is 2.80. The van der Waals surface area contributed by atoms with Crippen molar-refractivity contribution in [1.29, 1.82) is 0 Å². The second-order valence-corrected chi connectivity index (χ2v) is 3.97. The van der Waals surface area contributed by atoms with Crippen LogP contribution in [0.25, 0.3) is 0 Å². The normalized spacial score (nSPS) is 9.33. The minimum absolute atomic E-state index is 0.123. The first-order valence-electron chi connectivity index (χ1n) is 4.26. The van der Waals surface area contributed by atoms with Crippen molar-refractivity contribution in [2.75, 3.05) is 11.9 Å². The standard InChI is InChI=1S/C10H9IN2O2/c1-2-3-6-12-8-4-5-10(13(14)15)9(11)7-8/h1,4-5,7,12H,3,6H2. The summed E-state index contributed by atoms with van der Waals surface area (Å²) in [6.45, 7) is 0.671. The highest BCUT2D eigenvalue weighted by molar-refractivity contribution is 14.1. The molecule has 1 aromatic rings. The van der Waals surface area contributed by atoms with Crippen molar-refractivity contribution in [2.45, 2.75) is 6.42 Å². The predicted octanol–water partition coefficient (Wildman–Crippen LogP) is 2.63. The molecule has 0 aliphatic heterocycles. The molecule has 4 nitrogen and oxygen atoms in total. The average Bonchev–Trinajstić information content (AvgIpc) is 2.17. The maximum Gasteiger partial charge on any atom is 0.282 e. The Hall–Kier alpha value is -1.29. The predicted molar refractivity (Wildman–Crippen MR) is 67.8 cm³/mol. The van der Waals surface area contributed by atoms with E-state index in [0.717, 1.165) is 5.69 Å². The van der Waals surface area contributed by atoms with Crippen LogP contribution in [0.3, 0.4) is 0 Å². The lowest BCUT2D eigenvalue weighted by molar-refractivity contribution is -0.385. The van der Waals surface area contributed by atoms with Crippen LogP contribution in [0, 0.1) is 26.0 Å². The van der Waals surface area contributed by atoms with E-state index >= 15 is 0 Å². The first kappa shape index (κ1) is 11.8. The highest BCUT2D eigenvalue weighted by Crippen LogP contribution is 2.23. The first-order valence-corrected chi connectivity index (χ1v) is 5.34. The van der Waals surface area contributed by atoms with E-state index in [1.165, 1.54) is 6.07 Å². The first-order chi connectivity index (χ1) is 7.15. The fourth-order valence-corrected chi connectivity index (χ4v) is 1.76. The number of terminal acetylenes is 1. The van der Waals surface area contributed by atoms with Gasteiger partial charge in [0.1, 0.15) is 0 Å². The lowest BCUT2D eigenvalue weighted by Gasteiger charge is -2.04. The minimum Gasteiger partial charge on any atom is -0.384 e. The third-order valence-corrected chi connectivity index (χ3v) is 2.61. The van der Waals surface area contributed by atoms with Gasteiger partial charge in [-0.2, -0.15) is 0 Å². The molecule has 15 heavy (non-hydrogen) atoms. The molecule has 0 aliphatic carbocycles. The lowest BCUT2D eigenvalue weighted by Crippen LogP contribution is -2.01. The molecule has 0 radical (unpaired) electrons. The Morgan fingerprint density at radius 2 is 2.33 bits per heavy atom. The van der Waals surface area contributed by atoms with Crippen LogP contribution in [0.1, 0.15) is 6.42 Å². The smallest absolute Gasteiger partial charge is 0.282 e. The van der Waals surface area contributed by atoms with Gasteiger partial charge in [-0.25, -0.2) is 0 Å². The summed E-state index contributed by atoms with van der Waals surface area (Å²) in [6.07, 6.45) is 5.74. The molecule has 1 aromatic carbocycles. The van der Waals surface area contributed by atoms with Crippen LogP contribution in [-0.4, -0.2) is 11.5 Å². The molecule has 1 rings (SSSR count). The van der Waals surface area contributed by atoms with Crippen LogP contribution in [0.2, 0.25) is 0 Å². The summed E-state index contributed by atoms with van der Waals surface area (Å²) in [7, 11) is 0. The molecule has 0 aliphatic rings. The van der Waals surface area contributed by atoms with Gasteiger partial charge in [0, 0.05) is 24.7 Å². The Morgan fingerprint density at radius 3 is 2.87 bits per heavy atom. The molecule has 0 bridgehead atoms. The summed E-state index contributed by atoms with van der Waals surface area (Å²) in [5.41, 5.74) is 0.971. The molecule has 0 aromatic heterocycles. The lowest BCUT2D eigenvalue weighted by atomic mass is 10.3. The SMILES string of the molecule is C#CCCNc1ccc([N+](=O)[O-])c(I)c1. The van der Waals surface area contributed by atoms with Gasteiger partial charge < -0.3 is 5.32 Å². The quantitative estimate of drug-likeness (QED) is 0.305. The van der Waals surface area contributed by atoms with E-state index in [4.69, 9.17) is 6.42 Å². The molecule has 0 unspecified atom stereocenters. The van der Waals surface area contributed by atoms with Crippen LogP contribution < -0.4 is 5.32 Å². The van der Waals surface area contributed by atoms with E-state index in [0.29, 0.717) is 16.5 Å². The van der Waals surface area contributed by atoms with Crippen LogP contribution in [0.5, 0.6) is 0 Å². The molecule has 5 heteroatoms. The maximum absolute atomic E-state index is 10.5. The molecule has 0 amide bonds. The Kier molecular flexibility index (Phi) is 4.37. The summed E-state index contributed by atoms with van der Waals surface area (Å²) < 4.78 is 0.614. The third kappa shape index (κ3) is 3.40. The molecular formula is C10H9IN2O2. The number of anilines is 1. The number of rotatable bonds is 4. The Labute approximate surface area is 101 Å². The fraction of sp³-hybridized carbons (Fsp3) is 0.200. The zero-order chi connectivity index (χ0) is 11.3. The number of hydrogen-bond acceptors (Lipinski definition) is 3. The zero-order valence-corrected chi connectivity index (χ0v) is 10.0. The second kappa shape index (κ2) is 5.56. The molecular weight excluding hydrogens is 307 g/mol. The van der Waals surface area contributed by atoms with Crippen molar-refractivity contribution in [3.8, 4) is 12.3 Å². The Balaban J connectivity index is 2.74. The van der Waals surface area contributed by atoms with Gasteiger partial charge in [0.25, 0.3) is 5.69 Å². The van der Waals surface area contributed by atoms with Gasteiger partial charge in [0.05, 0.1) is 8.49 Å². The third-order valence-electron chi connectivity index (χ3n) is 1.74. The highest BCUT2D eigenvalue weighted by Gasteiger charge is 2.10. The molecule has 0 saturated carbocycles. The number of halogens is 1. The maximum atomic E-state index is 10.5. The van der Waals surface area contributed by atoms with Crippen molar-refractivity contribution in [3.63, 3.8) is 0 Å². The highest BCUT2D eigenvalue weighted by atomic mass is 127. The van der Waals surface area contributed by atoms with Crippen molar-refractivity contribution in [3.05, 3.63) is 31.9 Å². The van der Waals surface area contributed by atoms with Crippen LogP contribution in [-0.2, 0) is 0 Å². The number of nitrogens with one attached hydrogen (secondary N) is 1. The van der Waals surface area contributed by atoms with Gasteiger partial charge in [0.15, 0.2) is 0 Å². The molecule has 0 spiro atoms. The minimum atomic E-state index is -0.396. The molecule has 0 fully saturated rings. The van der Waals surface area contributed by atoms with Gasteiger partial charge in [-0.05, 0) is 34.7 Å². The molecule has 0 heterocycles. The summed E-state index contributed by atoms with van der Waals surface area (Å²) in [4.78, 5) is 10.2. The molecule has 0 atom stereocenters. The van der Waals surface area contributed by atoms with E-state index in [1.54, 1.807) is 12.1 Å². The van der Waals surface area contributed by atoms with Crippen molar-refractivity contribution >= 4 is 34.0 Å². The van der Waals surface area contributed by atoms with E-state index in [-0.39, 0.29) is 5.69 Å². The van der Waals surface area contributed by atoms with Crippen LogP contribution >= 0.6 is 22.6 Å². The summed E-state index contributed by atoms with van der Waals surface area (Å²) >= 11 is 1.94. The number of nitro groups is 1. The topological polar surface area (TPSA) is 55.2 Å². The zero-order valence-electron chi connectivity index (χ0n) is 7.87. The van der Waals surface area contributed by atoms with Gasteiger partial charge in [-0.3, -0.25) is 10.1 Å².